The van der Waals surface area contributed by atoms with Gasteiger partial charge in [0.2, 0.25) is 5.13 Å². The van der Waals surface area contributed by atoms with Gasteiger partial charge in [-0.1, -0.05) is 61.1 Å². The van der Waals surface area contributed by atoms with Gasteiger partial charge in [0, 0.05) is 31.7 Å². The van der Waals surface area contributed by atoms with Gasteiger partial charge in [0.1, 0.15) is 10.8 Å². The predicted molar refractivity (Wildman–Crippen MR) is 123 cm³/mol. The third kappa shape index (κ3) is 4.85. The van der Waals surface area contributed by atoms with E-state index in [0.29, 0.717) is 16.7 Å². The van der Waals surface area contributed by atoms with Gasteiger partial charge in [-0.25, -0.2) is 4.39 Å². The fourth-order valence-electron chi connectivity index (χ4n) is 3.61. The van der Waals surface area contributed by atoms with Crippen molar-refractivity contribution in [3.05, 3.63) is 65.5 Å². The molecule has 2 heterocycles. The van der Waals surface area contributed by atoms with Gasteiger partial charge < -0.3 is 0 Å². The number of amides is 1. The Kier molecular flexibility index (Phi) is 6.88. The Balaban J connectivity index is 1.49. The smallest absolute Gasteiger partial charge is 0.263 e. The van der Waals surface area contributed by atoms with Crippen LogP contribution in [0.25, 0.3) is 10.6 Å². The first kappa shape index (κ1) is 22.1. The zero-order valence-electron chi connectivity index (χ0n) is 17.9. The van der Waals surface area contributed by atoms with E-state index in [1.165, 1.54) is 33.9 Å². The van der Waals surface area contributed by atoms with Crippen LogP contribution in [0.15, 0.2) is 48.5 Å². The monoisotopic (exact) mass is 449 g/mol. The van der Waals surface area contributed by atoms with E-state index in [2.05, 4.69) is 33.3 Å². The maximum atomic E-state index is 14.2. The van der Waals surface area contributed by atoms with Crippen molar-refractivity contribution in [3.63, 3.8) is 0 Å². The van der Waals surface area contributed by atoms with Gasteiger partial charge in [-0.3, -0.25) is 14.6 Å². The summed E-state index contributed by atoms with van der Waals surface area (Å²) in [7, 11) is 0. The van der Waals surface area contributed by atoms with E-state index >= 15 is 0 Å². The SMILES string of the molecule is CCCCN(C(=O)c1ccccc1F)c1nnc(-c2ccc(CN3CC(C#N)C3)cc2)s1. The van der Waals surface area contributed by atoms with Crippen LogP contribution in [-0.2, 0) is 6.54 Å². The molecule has 164 valence electrons. The lowest BCUT2D eigenvalue weighted by atomic mass is 10.0. The number of nitriles is 1. The fraction of sp³-hybridized carbons (Fsp3) is 0.333. The van der Waals surface area contributed by atoms with Crippen molar-refractivity contribution >= 4 is 22.4 Å². The second-order valence-electron chi connectivity index (χ2n) is 7.90. The van der Waals surface area contributed by atoms with Crippen molar-refractivity contribution in [1.82, 2.24) is 15.1 Å². The molecule has 0 unspecified atom stereocenters. The number of hydrogen-bond acceptors (Lipinski definition) is 6. The summed E-state index contributed by atoms with van der Waals surface area (Å²) in [6, 6.07) is 16.4. The first-order valence-corrected chi connectivity index (χ1v) is 11.5. The average Bonchev–Trinajstić information content (AvgIpc) is 3.26. The Bertz CT molecular complexity index is 1120. The van der Waals surface area contributed by atoms with Crippen LogP contribution in [-0.4, -0.2) is 40.6 Å². The van der Waals surface area contributed by atoms with E-state index in [1.807, 2.05) is 19.1 Å². The van der Waals surface area contributed by atoms with Crippen LogP contribution in [0.2, 0.25) is 0 Å². The summed E-state index contributed by atoms with van der Waals surface area (Å²) in [5.74, 6) is -0.792. The highest BCUT2D eigenvalue weighted by Gasteiger charge is 2.26. The number of nitrogens with zero attached hydrogens (tertiary/aromatic N) is 5. The van der Waals surface area contributed by atoms with Crippen molar-refractivity contribution in [2.75, 3.05) is 24.5 Å². The molecule has 4 rings (SSSR count). The maximum absolute atomic E-state index is 14.2. The van der Waals surface area contributed by atoms with Crippen LogP contribution in [0, 0.1) is 23.1 Å². The number of unbranched alkanes of at least 4 members (excludes halogenated alkanes) is 1. The zero-order valence-corrected chi connectivity index (χ0v) is 18.7. The van der Waals surface area contributed by atoms with Crippen molar-refractivity contribution in [2.24, 2.45) is 5.92 Å². The Morgan fingerprint density at radius 3 is 2.66 bits per heavy atom. The molecule has 8 heteroatoms. The second kappa shape index (κ2) is 9.98. The molecule has 1 fully saturated rings. The van der Waals surface area contributed by atoms with Crippen molar-refractivity contribution < 1.29 is 9.18 Å². The molecule has 1 aliphatic heterocycles. The molecular formula is C24H24FN5OS. The van der Waals surface area contributed by atoms with E-state index < -0.39 is 11.7 Å². The highest BCUT2D eigenvalue weighted by atomic mass is 32.1. The minimum Gasteiger partial charge on any atom is -0.296 e. The number of likely N-dealkylation sites (tertiary alicyclic amines) is 1. The van der Waals surface area contributed by atoms with Crippen LogP contribution < -0.4 is 4.90 Å². The minimum absolute atomic E-state index is 0.0364. The summed E-state index contributed by atoms with van der Waals surface area (Å²) >= 11 is 1.33. The zero-order chi connectivity index (χ0) is 22.5. The standard InChI is InChI=1S/C24H24FN5OS/c1-2-3-12-30(23(31)20-6-4-5-7-21(20)25)24-28-27-22(32-24)19-10-8-17(9-11-19)14-29-15-18(13-26)16-29/h4-11,18H,2-3,12,14-16H2,1H3. The molecular weight excluding hydrogens is 425 g/mol. The lowest BCUT2D eigenvalue weighted by Crippen LogP contribution is -2.45. The van der Waals surface area contributed by atoms with Crippen molar-refractivity contribution in [3.8, 4) is 16.6 Å². The molecule has 0 aliphatic carbocycles. The molecule has 0 radical (unpaired) electrons. The molecule has 6 nitrogen and oxygen atoms in total. The quantitative estimate of drug-likeness (QED) is 0.496. The molecule has 0 bridgehead atoms. The maximum Gasteiger partial charge on any atom is 0.263 e. The fourth-order valence-corrected chi connectivity index (χ4v) is 4.49. The van der Waals surface area contributed by atoms with E-state index in [-0.39, 0.29) is 11.5 Å². The van der Waals surface area contributed by atoms with Crippen LogP contribution in [0.4, 0.5) is 9.52 Å². The first-order valence-electron chi connectivity index (χ1n) is 10.7. The lowest BCUT2D eigenvalue weighted by molar-refractivity contribution is 0.0982. The Morgan fingerprint density at radius 1 is 1.22 bits per heavy atom. The van der Waals surface area contributed by atoms with Crippen LogP contribution in [0.1, 0.15) is 35.7 Å². The van der Waals surface area contributed by atoms with Gasteiger partial charge >= 0.3 is 0 Å². The third-order valence-corrected chi connectivity index (χ3v) is 6.47. The molecule has 3 aromatic rings. The normalized spacial score (nSPS) is 14.0. The number of carbonyl (C=O) groups is 1. The molecule has 1 saturated heterocycles. The molecule has 1 aliphatic rings. The minimum atomic E-state index is -0.539. The molecule has 1 aromatic heterocycles. The Morgan fingerprint density at radius 2 is 1.97 bits per heavy atom. The molecule has 32 heavy (non-hydrogen) atoms. The number of benzene rings is 2. The topological polar surface area (TPSA) is 73.1 Å². The van der Waals surface area contributed by atoms with Gasteiger partial charge in [0.25, 0.3) is 5.91 Å². The Labute approximate surface area is 190 Å². The molecule has 0 N–H and O–H groups in total. The van der Waals surface area contributed by atoms with E-state index in [1.54, 1.807) is 12.1 Å². The van der Waals surface area contributed by atoms with Crippen molar-refractivity contribution in [2.45, 2.75) is 26.3 Å². The second-order valence-corrected chi connectivity index (χ2v) is 8.85. The number of halogens is 1. The molecule has 2 aromatic carbocycles. The number of anilines is 1. The molecule has 0 saturated carbocycles. The van der Waals surface area contributed by atoms with Crippen LogP contribution in [0.3, 0.4) is 0 Å². The molecule has 1 amide bonds. The van der Waals surface area contributed by atoms with Gasteiger partial charge in [-0.05, 0) is 24.1 Å². The van der Waals surface area contributed by atoms with E-state index in [4.69, 9.17) is 5.26 Å². The van der Waals surface area contributed by atoms with E-state index in [9.17, 15) is 9.18 Å². The molecule has 0 atom stereocenters. The van der Waals surface area contributed by atoms with Crippen LogP contribution in [0.5, 0.6) is 0 Å². The summed E-state index contributed by atoms with van der Waals surface area (Å²) in [6.45, 7) is 4.96. The van der Waals surface area contributed by atoms with Gasteiger partial charge in [-0.2, -0.15) is 5.26 Å². The lowest BCUT2D eigenvalue weighted by Gasteiger charge is -2.35. The largest absolute Gasteiger partial charge is 0.296 e. The summed E-state index contributed by atoms with van der Waals surface area (Å²) in [5.41, 5.74) is 2.13. The summed E-state index contributed by atoms with van der Waals surface area (Å²) in [5, 5.41) is 18.6. The van der Waals surface area contributed by atoms with E-state index in [0.717, 1.165) is 38.0 Å². The number of hydrogen-bond donors (Lipinski definition) is 0. The van der Waals surface area contributed by atoms with Crippen LogP contribution >= 0.6 is 11.3 Å². The summed E-state index contributed by atoms with van der Waals surface area (Å²) in [6.07, 6.45) is 1.69. The van der Waals surface area contributed by atoms with Gasteiger partial charge in [0.15, 0.2) is 0 Å². The van der Waals surface area contributed by atoms with Gasteiger partial charge in [-0.15, -0.1) is 10.2 Å². The highest BCUT2D eigenvalue weighted by molar-refractivity contribution is 7.18. The number of aromatic nitrogens is 2. The summed E-state index contributed by atoms with van der Waals surface area (Å²) < 4.78 is 14.2. The predicted octanol–water partition coefficient (Wildman–Crippen LogP) is 4.75. The van der Waals surface area contributed by atoms with Gasteiger partial charge in [0.05, 0.1) is 17.6 Å². The highest BCUT2D eigenvalue weighted by Crippen LogP contribution is 2.30. The van der Waals surface area contributed by atoms with Crippen molar-refractivity contribution in [1.29, 1.82) is 5.26 Å². The first-order chi connectivity index (χ1) is 15.6. The molecule has 0 spiro atoms. The Hall–Kier alpha value is -3.15. The average molecular weight is 450 g/mol. The number of carbonyl (C=O) groups excluding carboxylic acids is 1. The third-order valence-electron chi connectivity index (χ3n) is 5.48. The summed E-state index contributed by atoms with van der Waals surface area (Å²) in [4.78, 5) is 16.8. The number of rotatable bonds is 8.